The van der Waals surface area contributed by atoms with E-state index in [0.717, 1.165) is 0 Å². The average molecular weight is 232 g/mol. The lowest BCUT2D eigenvalue weighted by molar-refractivity contribution is -0.148. The lowest BCUT2D eigenvalue weighted by atomic mass is 10.2. The molecule has 1 rings (SSSR count). The minimum Gasteiger partial charge on any atom is -0.463 e. The van der Waals surface area contributed by atoms with Gasteiger partial charge in [-0.15, -0.1) is 0 Å². The molecule has 0 amide bonds. The molecule has 92 valence electrons. The Labute approximate surface area is 93.8 Å². The van der Waals surface area contributed by atoms with Gasteiger partial charge in [-0.25, -0.2) is 0 Å². The lowest BCUT2D eigenvalue weighted by Gasteiger charge is -2.09. The topological polar surface area (TPSA) is 71.1 Å². The summed E-state index contributed by atoms with van der Waals surface area (Å²) in [6, 6.07) is 0. The van der Waals surface area contributed by atoms with Gasteiger partial charge >= 0.3 is 5.97 Å². The molecule has 6 heteroatoms. The number of carbonyl (C=O) groups is 2. The van der Waals surface area contributed by atoms with Crippen LogP contribution in [0.4, 0.5) is 0 Å². The first kappa shape index (κ1) is 13.1. The van der Waals surface area contributed by atoms with Crippen molar-refractivity contribution >= 4 is 11.8 Å². The van der Waals surface area contributed by atoms with Crippen molar-refractivity contribution in [2.75, 3.05) is 39.8 Å². The number of cyclic esters (lactones) is 1. The molecule has 0 aliphatic carbocycles. The van der Waals surface area contributed by atoms with E-state index in [9.17, 15) is 9.59 Å². The maximum absolute atomic E-state index is 11.2. The minimum atomic E-state index is -0.384. The highest BCUT2D eigenvalue weighted by Gasteiger charge is 2.08. The van der Waals surface area contributed by atoms with E-state index in [2.05, 4.69) is 0 Å². The van der Waals surface area contributed by atoms with Crippen LogP contribution >= 0.6 is 0 Å². The number of ketones is 1. The van der Waals surface area contributed by atoms with Crippen LogP contribution in [-0.2, 0) is 28.5 Å². The third kappa shape index (κ3) is 6.49. The van der Waals surface area contributed by atoms with Crippen LogP contribution in [-0.4, -0.2) is 51.6 Å². The largest absolute Gasteiger partial charge is 0.463 e. The monoisotopic (exact) mass is 232 g/mol. The molecule has 0 unspecified atom stereocenters. The molecular weight excluding hydrogens is 216 g/mol. The van der Waals surface area contributed by atoms with E-state index in [4.69, 9.17) is 18.9 Å². The molecule has 0 spiro atoms. The van der Waals surface area contributed by atoms with Gasteiger partial charge in [-0.1, -0.05) is 0 Å². The fourth-order valence-corrected chi connectivity index (χ4v) is 1.09. The number of carbonyl (C=O) groups excluding carboxylic acids is 2. The highest BCUT2D eigenvalue weighted by atomic mass is 16.7. The second-order valence-corrected chi connectivity index (χ2v) is 3.25. The zero-order valence-electron chi connectivity index (χ0n) is 9.11. The van der Waals surface area contributed by atoms with Crippen molar-refractivity contribution in [1.29, 1.82) is 0 Å². The second kappa shape index (κ2) is 8.20. The van der Waals surface area contributed by atoms with Gasteiger partial charge in [-0.05, 0) is 0 Å². The fraction of sp³-hybridized carbons (Fsp3) is 0.800. The molecule has 0 saturated carbocycles. The van der Waals surface area contributed by atoms with Crippen molar-refractivity contribution in [1.82, 2.24) is 0 Å². The second-order valence-electron chi connectivity index (χ2n) is 3.25. The number of rotatable bonds is 0. The highest BCUT2D eigenvalue weighted by Crippen LogP contribution is 1.96. The Balaban J connectivity index is 2.25. The molecule has 1 aliphatic rings. The summed E-state index contributed by atoms with van der Waals surface area (Å²) in [7, 11) is 0. The van der Waals surface area contributed by atoms with Gasteiger partial charge in [-0.2, -0.15) is 0 Å². The lowest BCUT2D eigenvalue weighted by Crippen LogP contribution is -2.18. The number of hydrogen-bond donors (Lipinski definition) is 0. The first-order valence-electron chi connectivity index (χ1n) is 5.19. The van der Waals surface area contributed by atoms with E-state index in [1.807, 2.05) is 0 Å². The summed E-state index contributed by atoms with van der Waals surface area (Å²) in [6.45, 7) is 1.39. The summed E-state index contributed by atoms with van der Waals surface area (Å²) >= 11 is 0. The Bertz CT molecular complexity index is 203. The van der Waals surface area contributed by atoms with E-state index in [-0.39, 0.29) is 44.6 Å². The maximum atomic E-state index is 11.2. The van der Waals surface area contributed by atoms with E-state index in [1.165, 1.54) is 0 Å². The van der Waals surface area contributed by atoms with Crippen molar-refractivity contribution in [3.63, 3.8) is 0 Å². The number of Topliss-reactive ketones (excluding diaryl/α,β-unsaturated/α-hetero) is 1. The Morgan fingerprint density at radius 1 is 0.812 bits per heavy atom. The van der Waals surface area contributed by atoms with Crippen molar-refractivity contribution in [3.8, 4) is 0 Å². The van der Waals surface area contributed by atoms with E-state index in [1.54, 1.807) is 0 Å². The molecule has 1 aliphatic heterocycles. The van der Waals surface area contributed by atoms with Gasteiger partial charge in [-0.3, -0.25) is 9.59 Å². The van der Waals surface area contributed by atoms with Crippen LogP contribution in [0.1, 0.15) is 12.8 Å². The van der Waals surface area contributed by atoms with Crippen molar-refractivity contribution in [2.24, 2.45) is 0 Å². The predicted octanol–water partition coefficient (Wildman–Crippen LogP) is -0.100. The van der Waals surface area contributed by atoms with Crippen LogP contribution in [0.25, 0.3) is 0 Å². The molecule has 0 atom stereocenters. The van der Waals surface area contributed by atoms with Gasteiger partial charge in [0, 0.05) is 6.42 Å². The number of ether oxygens (including phenoxy) is 4. The number of hydrogen-bond acceptors (Lipinski definition) is 6. The van der Waals surface area contributed by atoms with E-state index >= 15 is 0 Å². The fourth-order valence-electron chi connectivity index (χ4n) is 1.09. The molecule has 16 heavy (non-hydrogen) atoms. The van der Waals surface area contributed by atoms with Gasteiger partial charge in [0.05, 0.1) is 26.2 Å². The first-order valence-corrected chi connectivity index (χ1v) is 5.19. The molecular formula is C10H16O6. The first-order chi connectivity index (χ1) is 7.79. The quantitative estimate of drug-likeness (QED) is 0.543. The van der Waals surface area contributed by atoms with Crippen LogP contribution in [0.15, 0.2) is 0 Å². The molecule has 1 fully saturated rings. The van der Waals surface area contributed by atoms with E-state index in [0.29, 0.717) is 19.8 Å². The molecule has 1 saturated heterocycles. The summed E-state index contributed by atoms with van der Waals surface area (Å²) < 4.78 is 19.9. The summed E-state index contributed by atoms with van der Waals surface area (Å²) in [5.74, 6) is -0.515. The molecule has 0 aromatic rings. The third-order valence-electron chi connectivity index (χ3n) is 1.90. The maximum Gasteiger partial charge on any atom is 0.306 e. The molecule has 0 radical (unpaired) electrons. The normalized spacial score (nSPS) is 22.2. The van der Waals surface area contributed by atoms with Gasteiger partial charge in [0.1, 0.15) is 20.0 Å². The highest BCUT2D eigenvalue weighted by molar-refractivity contribution is 5.83. The SMILES string of the molecule is O=C1CCC(=O)OCCOCCOCOC1. The zero-order valence-corrected chi connectivity index (χ0v) is 9.11. The molecule has 6 nitrogen and oxygen atoms in total. The Kier molecular flexibility index (Phi) is 6.71. The van der Waals surface area contributed by atoms with E-state index < -0.39 is 0 Å². The Hall–Kier alpha value is -0.980. The van der Waals surface area contributed by atoms with Crippen LogP contribution in [0, 0.1) is 0 Å². The Morgan fingerprint density at radius 3 is 2.44 bits per heavy atom. The standard InChI is InChI=1S/C10H16O6/c11-9-1-2-10(12)16-6-5-13-3-4-14-8-15-7-9/h1-8H2. The summed E-state index contributed by atoms with van der Waals surface area (Å²) in [5.41, 5.74) is 0. The molecule has 0 bridgehead atoms. The predicted molar refractivity (Wildman–Crippen MR) is 52.8 cm³/mol. The zero-order chi connectivity index (χ0) is 11.6. The van der Waals surface area contributed by atoms with Gasteiger partial charge in [0.2, 0.25) is 0 Å². The van der Waals surface area contributed by atoms with Crippen molar-refractivity contribution in [3.05, 3.63) is 0 Å². The number of esters is 1. The molecule has 0 aromatic carbocycles. The van der Waals surface area contributed by atoms with Crippen LogP contribution < -0.4 is 0 Å². The summed E-state index contributed by atoms with van der Waals surface area (Å²) in [5, 5.41) is 0. The third-order valence-corrected chi connectivity index (χ3v) is 1.90. The average Bonchev–Trinajstić information content (AvgIpc) is 2.28. The summed E-state index contributed by atoms with van der Waals surface area (Å²) in [4.78, 5) is 22.3. The van der Waals surface area contributed by atoms with Gasteiger partial charge in [0.25, 0.3) is 0 Å². The van der Waals surface area contributed by atoms with Crippen molar-refractivity contribution in [2.45, 2.75) is 12.8 Å². The Morgan fingerprint density at radius 2 is 1.56 bits per heavy atom. The van der Waals surface area contributed by atoms with Gasteiger partial charge in [0.15, 0.2) is 5.78 Å². The minimum absolute atomic E-state index is 0.0336. The molecule has 1 heterocycles. The van der Waals surface area contributed by atoms with Gasteiger partial charge < -0.3 is 18.9 Å². The van der Waals surface area contributed by atoms with Crippen LogP contribution in [0.3, 0.4) is 0 Å². The molecule has 0 aromatic heterocycles. The summed E-state index contributed by atoms with van der Waals surface area (Å²) in [6.07, 6.45) is 0.225. The van der Waals surface area contributed by atoms with Crippen LogP contribution in [0.5, 0.6) is 0 Å². The molecule has 0 N–H and O–H groups in total. The van der Waals surface area contributed by atoms with Crippen molar-refractivity contribution < 1.29 is 28.5 Å². The van der Waals surface area contributed by atoms with Crippen LogP contribution in [0.2, 0.25) is 0 Å². The smallest absolute Gasteiger partial charge is 0.306 e.